The third-order valence-electron chi connectivity index (χ3n) is 3.07. The maximum absolute atomic E-state index is 12.0. The number of carbonyl (C=O) groups excluding carboxylic acids is 1. The molecule has 22 heavy (non-hydrogen) atoms. The van der Waals surface area contributed by atoms with Crippen LogP contribution in [-0.2, 0) is 11.2 Å². The molecule has 0 heterocycles. The van der Waals surface area contributed by atoms with Gasteiger partial charge >= 0.3 is 0 Å². The number of hydrogen-bond donors (Lipinski definition) is 2. The molecule has 0 fully saturated rings. The Morgan fingerprint density at radius 3 is 2.59 bits per heavy atom. The van der Waals surface area contributed by atoms with E-state index in [2.05, 4.69) is 10.6 Å². The van der Waals surface area contributed by atoms with Crippen LogP contribution in [0.4, 0.5) is 5.69 Å². The van der Waals surface area contributed by atoms with E-state index in [9.17, 15) is 4.79 Å². The van der Waals surface area contributed by atoms with Gasteiger partial charge in [0.1, 0.15) is 0 Å². The van der Waals surface area contributed by atoms with Gasteiger partial charge in [-0.05, 0) is 42.4 Å². The van der Waals surface area contributed by atoms with Gasteiger partial charge in [0.15, 0.2) is 5.11 Å². The fraction of sp³-hybridized carbons (Fsp3) is 0.125. The minimum atomic E-state index is -0.190. The minimum absolute atomic E-state index is 0.183. The summed E-state index contributed by atoms with van der Waals surface area (Å²) in [6, 6.07) is 12.9. The van der Waals surface area contributed by atoms with Crippen molar-refractivity contribution in [1.82, 2.24) is 5.32 Å². The van der Waals surface area contributed by atoms with E-state index in [0.29, 0.717) is 15.7 Å². The number of carbonyl (C=O) groups is 1. The molecule has 2 aromatic rings. The number of thiocarbonyl (C=S) groups is 1. The number of anilines is 1. The number of aryl methyl sites for hydroxylation is 1. The van der Waals surface area contributed by atoms with Gasteiger partial charge in [-0.3, -0.25) is 4.79 Å². The van der Waals surface area contributed by atoms with Crippen LogP contribution in [-0.4, -0.2) is 11.0 Å². The second-order valence-electron chi connectivity index (χ2n) is 4.71. The first-order valence-corrected chi connectivity index (χ1v) is 7.73. The van der Waals surface area contributed by atoms with Gasteiger partial charge in [0.05, 0.1) is 22.2 Å². The molecule has 0 spiro atoms. The van der Waals surface area contributed by atoms with Crippen LogP contribution in [0.25, 0.3) is 0 Å². The molecule has 2 aromatic carbocycles. The van der Waals surface area contributed by atoms with E-state index < -0.39 is 0 Å². The number of nitrogens with one attached hydrogen (secondary N) is 2. The molecule has 0 atom stereocenters. The molecular formula is C16H14Cl2N2OS. The molecule has 0 saturated carbocycles. The van der Waals surface area contributed by atoms with Crippen molar-refractivity contribution in [3.8, 4) is 0 Å². The molecule has 0 radical (unpaired) electrons. The van der Waals surface area contributed by atoms with E-state index in [1.807, 2.05) is 31.2 Å². The van der Waals surface area contributed by atoms with Crippen molar-refractivity contribution in [1.29, 1.82) is 0 Å². The normalized spacial score (nSPS) is 10.1. The van der Waals surface area contributed by atoms with Crippen molar-refractivity contribution in [3.63, 3.8) is 0 Å². The van der Waals surface area contributed by atoms with E-state index in [1.165, 1.54) is 0 Å². The molecule has 0 bridgehead atoms. The predicted molar refractivity (Wildman–Crippen MR) is 95.7 cm³/mol. The lowest BCUT2D eigenvalue weighted by molar-refractivity contribution is -0.119. The van der Waals surface area contributed by atoms with Crippen molar-refractivity contribution in [2.24, 2.45) is 0 Å². The fourth-order valence-electron chi connectivity index (χ4n) is 1.91. The quantitative estimate of drug-likeness (QED) is 0.806. The summed E-state index contributed by atoms with van der Waals surface area (Å²) in [5, 5.41) is 6.46. The van der Waals surface area contributed by atoms with Crippen molar-refractivity contribution < 1.29 is 4.79 Å². The van der Waals surface area contributed by atoms with Crippen LogP contribution in [0.2, 0.25) is 10.0 Å². The van der Waals surface area contributed by atoms with E-state index in [-0.39, 0.29) is 17.4 Å². The van der Waals surface area contributed by atoms with E-state index in [4.69, 9.17) is 35.4 Å². The first-order valence-electron chi connectivity index (χ1n) is 6.56. The third kappa shape index (κ3) is 4.44. The predicted octanol–water partition coefficient (Wildman–Crippen LogP) is 4.36. The largest absolute Gasteiger partial charge is 0.331 e. The lowest BCUT2D eigenvalue weighted by atomic mass is 10.1. The van der Waals surface area contributed by atoms with Crippen LogP contribution in [0.15, 0.2) is 42.5 Å². The maximum atomic E-state index is 12.0. The summed E-state index contributed by atoms with van der Waals surface area (Å²) in [5.41, 5.74) is 2.58. The lowest BCUT2D eigenvalue weighted by Crippen LogP contribution is -2.35. The summed E-state index contributed by atoms with van der Waals surface area (Å²) in [4.78, 5) is 12.0. The standard InChI is InChI=1S/C16H14Cl2N2OS/c1-10-5-2-3-6-11(10)9-14(21)20-16(22)19-13-8-4-7-12(17)15(13)18/h2-8H,9H2,1H3,(H2,19,20,21,22). The van der Waals surface area contributed by atoms with Gasteiger partial charge in [0, 0.05) is 0 Å². The first kappa shape index (κ1) is 16.7. The van der Waals surface area contributed by atoms with Gasteiger partial charge in [-0.15, -0.1) is 0 Å². The molecule has 2 rings (SSSR count). The Balaban J connectivity index is 1.96. The molecular weight excluding hydrogens is 339 g/mol. The van der Waals surface area contributed by atoms with Crippen LogP contribution < -0.4 is 10.6 Å². The molecule has 1 amide bonds. The highest BCUT2D eigenvalue weighted by Gasteiger charge is 2.10. The van der Waals surface area contributed by atoms with Crippen LogP contribution in [0, 0.1) is 6.92 Å². The number of amides is 1. The minimum Gasteiger partial charge on any atom is -0.331 e. The van der Waals surface area contributed by atoms with Gasteiger partial charge in [-0.2, -0.15) is 0 Å². The molecule has 0 aliphatic rings. The molecule has 0 aliphatic carbocycles. The van der Waals surface area contributed by atoms with E-state index in [1.54, 1.807) is 18.2 Å². The maximum Gasteiger partial charge on any atom is 0.230 e. The highest BCUT2D eigenvalue weighted by Crippen LogP contribution is 2.29. The number of rotatable bonds is 3. The monoisotopic (exact) mass is 352 g/mol. The molecule has 0 aromatic heterocycles. The Hall–Kier alpha value is -1.62. The van der Waals surface area contributed by atoms with E-state index >= 15 is 0 Å². The van der Waals surface area contributed by atoms with Crippen molar-refractivity contribution in [2.75, 3.05) is 5.32 Å². The summed E-state index contributed by atoms with van der Waals surface area (Å²) in [7, 11) is 0. The van der Waals surface area contributed by atoms with Gasteiger partial charge in [-0.25, -0.2) is 0 Å². The topological polar surface area (TPSA) is 41.1 Å². The molecule has 114 valence electrons. The zero-order valence-corrected chi connectivity index (χ0v) is 14.1. The molecule has 6 heteroatoms. The second kappa shape index (κ2) is 7.58. The Labute approximate surface area is 144 Å². The average Bonchev–Trinajstić information content (AvgIpc) is 2.46. The Morgan fingerprint density at radius 2 is 1.86 bits per heavy atom. The number of halogens is 2. The summed E-state index contributed by atoms with van der Waals surface area (Å²) in [6.07, 6.45) is 0.262. The molecule has 0 unspecified atom stereocenters. The molecule has 3 nitrogen and oxygen atoms in total. The fourth-order valence-corrected chi connectivity index (χ4v) is 2.48. The third-order valence-corrected chi connectivity index (χ3v) is 4.09. The van der Waals surface area contributed by atoms with Gasteiger partial charge < -0.3 is 10.6 Å². The van der Waals surface area contributed by atoms with Crippen LogP contribution in [0.1, 0.15) is 11.1 Å². The SMILES string of the molecule is Cc1ccccc1CC(=O)NC(=S)Nc1cccc(Cl)c1Cl. The lowest BCUT2D eigenvalue weighted by Gasteiger charge is -2.12. The van der Waals surface area contributed by atoms with Gasteiger partial charge in [0.2, 0.25) is 5.91 Å². The zero-order valence-electron chi connectivity index (χ0n) is 11.8. The average molecular weight is 353 g/mol. The first-order chi connectivity index (χ1) is 10.5. The van der Waals surface area contributed by atoms with Crippen LogP contribution >= 0.6 is 35.4 Å². The highest BCUT2D eigenvalue weighted by molar-refractivity contribution is 7.80. The summed E-state index contributed by atoms with van der Waals surface area (Å²) in [6.45, 7) is 1.96. The zero-order chi connectivity index (χ0) is 16.1. The summed E-state index contributed by atoms with van der Waals surface area (Å²) >= 11 is 17.1. The Morgan fingerprint density at radius 1 is 1.14 bits per heavy atom. The van der Waals surface area contributed by atoms with E-state index in [0.717, 1.165) is 11.1 Å². The van der Waals surface area contributed by atoms with Gasteiger partial charge in [-0.1, -0.05) is 53.5 Å². The number of hydrogen-bond acceptors (Lipinski definition) is 2. The molecule has 0 aliphatic heterocycles. The molecule has 0 saturated heterocycles. The van der Waals surface area contributed by atoms with Gasteiger partial charge in [0.25, 0.3) is 0 Å². The van der Waals surface area contributed by atoms with Crippen LogP contribution in [0.5, 0.6) is 0 Å². The van der Waals surface area contributed by atoms with Crippen molar-refractivity contribution in [2.45, 2.75) is 13.3 Å². The summed E-state index contributed by atoms with van der Waals surface area (Å²) < 4.78 is 0. The smallest absolute Gasteiger partial charge is 0.230 e. The van der Waals surface area contributed by atoms with Crippen molar-refractivity contribution >= 4 is 52.1 Å². The Bertz CT molecular complexity index is 719. The van der Waals surface area contributed by atoms with Crippen LogP contribution in [0.3, 0.4) is 0 Å². The second-order valence-corrected chi connectivity index (χ2v) is 5.90. The number of benzene rings is 2. The summed E-state index contributed by atoms with van der Waals surface area (Å²) in [5.74, 6) is -0.190. The Kier molecular flexibility index (Phi) is 5.77. The highest BCUT2D eigenvalue weighted by atomic mass is 35.5. The van der Waals surface area contributed by atoms with Crippen molar-refractivity contribution in [3.05, 3.63) is 63.6 Å². The molecule has 2 N–H and O–H groups in total.